The van der Waals surface area contributed by atoms with E-state index in [0.29, 0.717) is 31.7 Å². The van der Waals surface area contributed by atoms with Crippen molar-refractivity contribution in [3.8, 4) is 0 Å². The van der Waals surface area contributed by atoms with Crippen LogP contribution in [-0.2, 0) is 9.59 Å². The number of halogens is 1. The fourth-order valence-corrected chi connectivity index (χ4v) is 2.29. The van der Waals surface area contributed by atoms with Crippen LogP contribution in [0.4, 0.5) is 4.39 Å². The molecule has 0 radical (unpaired) electrons. The third-order valence-corrected chi connectivity index (χ3v) is 3.63. The molecular weight excluding hydrogens is 303 g/mol. The van der Waals surface area contributed by atoms with Gasteiger partial charge in [-0.25, -0.2) is 4.39 Å². The Kier molecular flexibility index (Phi) is 5.64. The van der Waals surface area contributed by atoms with Crippen LogP contribution in [0.15, 0.2) is 24.3 Å². The molecule has 0 bridgehead atoms. The Bertz CT molecular complexity index is 583. The zero-order valence-corrected chi connectivity index (χ0v) is 12.6. The molecule has 8 heteroatoms. The smallest absolute Gasteiger partial charge is 0.253 e. The molecule has 0 atom stereocenters. The Labute approximate surface area is 133 Å². The highest BCUT2D eigenvalue weighted by atomic mass is 19.1. The molecule has 0 saturated carbocycles. The minimum Gasteiger partial charge on any atom is -0.346 e. The van der Waals surface area contributed by atoms with Crippen LogP contribution >= 0.6 is 0 Å². The van der Waals surface area contributed by atoms with Crippen molar-refractivity contribution in [2.24, 2.45) is 5.73 Å². The molecule has 1 aromatic carbocycles. The van der Waals surface area contributed by atoms with Crippen LogP contribution in [-0.4, -0.2) is 66.8 Å². The Hall–Kier alpha value is -2.48. The molecule has 0 spiro atoms. The second-order valence-corrected chi connectivity index (χ2v) is 5.16. The molecule has 0 unspecified atom stereocenters. The average molecular weight is 322 g/mol. The molecule has 2 rings (SSSR count). The summed E-state index contributed by atoms with van der Waals surface area (Å²) in [4.78, 5) is 38.4. The first-order valence-electron chi connectivity index (χ1n) is 7.30. The Morgan fingerprint density at radius 2 is 1.61 bits per heavy atom. The molecule has 7 nitrogen and oxygen atoms in total. The lowest BCUT2D eigenvalue weighted by atomic mass is 10.2. The van der Waals surface area contributed by atoms with Crippen molar-refractivity contribution < 1.29 is 18.8 Å². The standard InChI is InChI=1S/C15H19FN4O3/c16-12-3-1-11(2-4-12)15(23)20-7-5-19(6-8-20)14(22)10-18-13(21)9-17/h1-4H,5-10,17H2,(H,18,21). The molecule has 1 aliphatic rings. The molecule has 1 aliphatic heterocycles. The molecule has 1 heterocycles. The van der Waals surface area contributed by atoms with Crippen LogP contribution in [0, 0.1) is 5.82 Å². The van der Waals surface area contributed by atoms with E-state index < -0.39 is 5.82 Å². The van der Waals surface area contributed by atoms with Crippen LogP contribution < -0.4 is 11.1 Å². The SMILES string of the molecule is NCC(=O)NCC(=O)N1CCN(C(=O)c2ccc(F)cc2)CC1. The number of hydrogen-bond acceptors (Lipinski definition) is 4. The average Bonchev–Trinajstić information content (AvgIpc) is 2.59. The second kappa shape index (κ2) is 7.68. The number of amides is 3. The number of piperazine rings is 1. The predicted molar refractivity (Wildman–Crippen MR) is 80.9 cm³/mol. The summed E-state index contributed by atoms with van der Waals surface area (Å²) in [6.07, 6.45) is 0. The number of carbonyl (C=O) groups excluding carboxylic acids is 3. The molecular formula is C15H19FN4O3. The second-order valence-electron chi connectivity index (χ2n) is 5.16. The molecule has 1 saturated heterocycles. The Balaban J connectivity index is 1.83. The molecule has 124 valence electrons. The summed E-state index contributed by atoms with van der Waals surface area (Å²) in [7, 11) is 0. The van der Waals surface area contributed by atoms with Crippen molar-refractivity contribution in [1.29, 1.82) is 0 Å². The van der Waals surface area contributed by atoms with Crippen LogP contribution in [0.3, 0.4) is 0 Å². The molecule has 3 amide bonds. The fraction of sp³-hybridized carbons (Fsp3) is 0.400. The van der Waals surface area contributed by atoms with Gasteiger partial charge in [-0.1, -0.05) is 0 Å². The lowest BCUT2D eigenvalue weighted by molar-refractivity contribution is -0.133. The van der Waals surface area contributed by atoms with Gasteiger partial charge in [-0.05, 0) is 24.3 Å². The zero-order valence-electron chi connectivity index (χ0n) is 12.6. The molecule has 0 aliphatic carbocycles. The van der Waals surface area contributed by atoms with Crippen LogP contribution in [0.1, 0.15) is 10.4 Å². The normalized spacial score (nSPS) is 14.5. The first kappa shape index (κ1) is 16.9. The maximum absolute atomic E-state index is 12.9. The Morgan fingerprint density at radius 3 is 2.17 bits per heavy atom. The number of nitrogens with one attached hydrogen (secondary N) is 1. The Morgan fingerprint density at radius 1 is 1.04 bits per heavy atom. The van der Waals surface area contributed by atoms with Crippen molar-refractivity contribution in [2.75, 3.05) is 39.3 Å². The van der Waals surface area contributed by atoms with Gasteiger partial charge in [0.05, 0.1) is 13.1 Å². The third-order valence-electron chi connectivity index (χ3n) is 3.63. The van der Waals surface area contributed by atoms with E-state index in [2.05, 4.69) is 5.32 Å². The van der Waals surface area contributed by atoms with E-state index in [0.717, 1.165) is 0 Å². The monoisotopic (exact) mass is 322 g/mol. The van der Waals surface area contributed by atoms with Crippen LogP contribution in [0.25, 0.3) is 0 Å². The van der Waals surface area contributed by atoms with Crippen molar-refractivity contribution in [2.45, 2.75) is 0 Å². The number of rotatable bonds is 4. The van der Waals surface area contributed by atoms with Gasteiger partial charge in [0.1, 0.15) is 5.82 Å². The van der Waals surface area contributed by atoms with E-state index in [4.69, 9.17) is 5.73 Å². The highest BCUT2D eigenvalue weighted by Gasteiger charge is 2.24. The largest absolute Gasteiger partial charge is 0.346 e. The van der Waals surface area contributed by atoms with Gasteiger partial charge in [-0.3, -0.25) is 14.4 Å². The van der Waals surface area contributed by atoms with Crippen LogP contribution in [0.5, 0.6) is 0 Å². The van der Waals surface area contributed by atoms with Gasteiger partial charge in [0, 0.05) is 31.7 Å². The van der Waals surface area contributed by atoms with Crippen molar-refractivity contribution in [3.63, 3.8) is 0 Å². The molecule has 0 aromatic heterocycles. The van der Waals surface area contributed by atoms with Crippen molar-refractivity contribution in [1.82, 2.24) is 15.1 Å². The van der Waals surface area contributed by atoms with E-state index in [1.54, 1.807) is 9.80 Å². The molecule has 1 fully saturated rings. The summed E-state index contributed by atoms with van der Waals surface area (Å²) < 4.78 is 12.9. The minimum absolute atomic E-state index is 0.0953. The number of nitrogens with zero attached hydrogens (tertiary/aromatic N) is 2. The number of carbonyl (C=O) groups is 3. The summed E-state index contributed by atoms with van der Waals surface area (Å²) in [5.74, 6) is -1.17. The van der Waals surface area contributed by atoms with E-state index in [9.17, 15) is 18.8 Å². The summed E-state index contributed by atoms with van der Waals surface area (Å²) >= 11 is 0. The van der Waals surface area contributed by atoms with E-state index in [1.807, 2.05) is 0 Å². The quantitative estimate of drug-likeness (QED) is 0.757. The number of nitrogens with two attached hydrogens (primary N) is 1. The zero-order chi connectivity index (χ0) is 16.8. The van der Waals surface area contributed by atoms with Gasteiger partial charge in [0.25, 0.3) is 5.91 Å². The van der Waals surface area contributed by atoms with E-state index in [-0.39, 0.29) is 30.8 Å². The molecule has 1 aromatic rings. The first-order chi connectivity index (χ1) is 11.0. The highest BCUT2D eigenvalue weighted by molar-refractivity contribution is 5.94. The summed E-state index contributed by atoms with van der Waals surface area (Å²) in [6.45, 7) is 1.32. The van der Waals surface area contributed by atoms with E-state index >= 15 is 0 Å². The van der Waals surface area contributed by atoms with E-state index in [1.165, 1.54) is 24.3 Å². The number of hydrogen-bond donors (Lipinski definition) is 2. The maximum Gasteiger partial charge on any atom is 0.253 e. The van der Waals surface area contributed by atoms with Gasteiger partial charge in [-0.15, -0.1) is 0 Å². The van der Waals surface area contributed by atoms with Gasteiger partial charge < -0.3 is 20.9 Å². The number of benzene rings is 1. The summed E-state index contributed by atoms with van der Waals surface area (Å²) in [5.41, 5.74) is 5.57. The molecule has 3 N–H and O–H groups in total. The third kappa shape index (κ3) is 4.49. The first-order valence-corrected chi connectivity index (χ1v) is 7.30. The van der Waals surface area contributed by atoms with Crippen molar-refractivity contribution in [3.05, 3.63) is 35.6 Å². The lowest BCUT2D eigenvalue weighted by Gasteiger charge is -2.34. The topological polar surface area (TPSA) is 95.7 Å². The minimum atomic E-state index is -0.392. The molecule has 23 heavy (non-hydrogen) atoms. The predicted octanol–water partition coefficient (Wildman–Crippen LogP) is -0.815. The highest BCUT2D eigenvalue weighted by Crippen LogP contribution is 2.10. The van der Waals surface area contributed by atoms with Gasteiger partial charge in [-0.2, -0.15) is 0 Å². The van der Waals surface area contributed by atoms with Gasteiger partial charge >= 0.3 is 0 Å². The summed E-state index contributed by atoms with van der Waals surface area (Å²) in [6, 6.07) is 5.37. The van der Waals surface area contributed by atoms with Crippen LogP contribution in [0.2, 0.25) is 0 Å². The summed E-state index contributed by atoms with van der Waals surface area (Å²) in [5, 5.41) is 2.42. The lowest BCUT2D eigenvalue weighted by Crippen LogP contribution is -2.52. The van der Waals surface area contributed by atoms with Crippen molar-refractivity contribution >= 4 is 17.7 Å². The van der Waals surface area contributed by atoms with Gasteiger partial charge in [0.15, 0.2) is 0 Å². The van der Waals surface area contributed by atoms with Gasteiger partial charge in [0.2, 0.25) is 11.8 Å². The fourth-order valence-electron chi connectivity index (χ4n) is 2.29. The maximum atomic E-state index is 12.9.